The molecule has 0 spiro atoms. The first-order valence-electron chi connectivity index (χ1n) is 8.27. The highest BCUT2D eigenvalue weighted by atomic mass is 79.9. The lowest BCUT2D eigenvalue weighted by Gasteiger charge is -2.18. The van der Waals surface area contributed by atoms with Gasteiger partial charge < -0.3 is 14.8 Å². The van der Waals surface area contributed by atoms with Gasteiger partial charge in [-0.2, -0.15) is 0 Å². The summed E-state index contributed by atoms with van der Waals surface area (Å²) in [6.45, 7) is 9.59. The predicted molar refractivity (Wildman–Crippen MR) is 105 cm³/mol. The fourth-order valence-corrected chi connectivity index (χ4v) is 3.16. The summed E-state index contributed by atoms with van der Waals surface area (Å²) in [5, 5.41) is 2.87. The summed E-state index contributed by atoms with van der Waals surface area (Å²) in [5.41, 5.74) is 2.65. The van der Waals surface area contributed by atoms with E-state index in [1.807, 2.05) is 58.0 Å². The van der Waals surface area contributed by atoms with Crippen molar-refractivity contribution in [3.63, 3.8) is 0 Å². The van der Waals surface area contributed by atoms with Gasteiger partial charge in [0.25, 0.3) is 5.91 Å². The Balaban J connectivity index is 2.06. The molecule has 134 valence electrons. The first kappa shape index (κ1) is 19.3. The van der Waals surface area contributed by atoms with Crippen molar-refractivity contribution in [1.29, 1.82) is 0 Å². The molecule has 2 aromatic rings. The summed E-state index contributed by atoms with van der Waals surface area (Å²) in [5.74, 6) is 1.26. The third kappa shape index (κ3) is 5.49. The highest BCUT2D eigenvalue weighted by molar-refractivity contribution is 9.10. The fraction of sp³-hybridized carbons (Fsp3) is 0.350. The van der Waals surface area contributed by atoms with Crippen LogP contribution in [0.5, 0.6) is 11.5 Å². The van der Waals surface area contributed by atoms with Crippen molar-refractivity contribution in [2.45, 2.75) is 46.8 Å². The molecule has 0 saturated carbocycles. The van der Waals surface area contributed by atoms with Gasteiger partial charge in [-0.1, -0.05) is 22.0 Å². The van der Waals surface area contributed by atoms with Crippen LogP contribution in [0.2, 0.25) is 0 Å². The number of hydrogen-bond acceptors (Lipinski definition) is 3. The molecule has 1 atom stereocenters. The molecular weight excluding hydrogens is 382 g/mol. The van der Waals surface area contributed by atoms with E-state index in [1.54, 1.807) is 13.0 Å². The molecule has 0 aromatic heterocycles. The summed E-state index contributed by atoms with van der Waals surface area (Å²) in [4.78, 5) is 12.5. The Kier molecular flexibility index (Phi) is 6.48. The van der Waals surface area contributed by atoms with E-state index in [0.29, 0.717) is 5.69 Å². The molecule has 0 fully saturated rings. The zero-order valence-corrected chi connectivity index (χ0v) is 16.8. The van der Waals surface area contributed by atoms with Gasteiger partial charge >= 0.3 is 0 Å². The Morgan fingerprint density at radius 1 is 1.04 bits per heavy atom. The lowest BCUT2D eigenvalue weighted by Crippen LogP contribution is -2.30. The number of carbonyl (C=O) groups is 1. The lowest BCUT2D eigenvalue weighted by molar-refractivity contribution is -0.122. The minimum Gasteiger partial charge on any atom is -0.491 e. The predicted octanol–water partition coefficient (Wildman–Crippen LogP) is 5.26. The Morgan fingerprint density at radius 3 is 2.28 bits per heavy atom. The van der Waals surface area contributed by atoms with E-state index in [0.717, 1.165) is 27.1 Å². The summed E-state index contributed by atoms with van der Waals surface area (Å²) in [6, 6.07) is 11.3. The maximum Gasteiger partial charge on any atom is 0.265 e. The second-order valence-electron chi connectivity index (χ2n) is 6.31. The van der Waals surface area contributed by atoms with Gasteiger partial charge in [0.15, 0.2) is 6.10 Å². The number of benzene rings is 2. The SMILES string of the molecule is Cc1cc(Br)cc(C)c1OC(C)C(=O)Nc1cccc(OC(C)C)c1. The summed E-state index contributed by atoms with van der Waals surface area (Å²) < 4.78 is 12.5. The smallest absolute Gasteiger partial charge is 0.265 e. The minimum absolute atomic E-state index is 0.0802. The van der Waals surface area contributed by atoms with E-state index in [2.05, 4.69) is 21.2 Å². The largest absolute Gasteiger partial charge is 0.491 e. The zero-order chi connectivity index (χ0) is 18.6. The monoisotopic (exact) mass is 405 g/mol. The molecule has 0 aliphatic carbocycles. The minimum atomic E-state index is -0.617. The number of hydrogen-bond donors (Lipinski definition) is 1. The van der Waals surface area contributed by atoms with Crippen LogP contribution in [-0.4, -0.2) is 18.1 Å². The molecule has 0 saturated heterocycles. The van der Waals surface area contributed by atoms with Crippen LogP contribution in [0.4, 0.5) is 5.69 Å². The van der Waals surface area contributed by atoms with Crippen molar-refractivity contribution in [2.75, 3.05) is 5.32 Å². The number of halogens is 1. The van der Waals surface area contributed by atoms with E-state index in [9.17, 15) is 4.79 Å². The summed E-state index contributed by atoms with van der Waals surface area (Å²) in [7, 11) is 0. The Labute approximate surface area is 157 Å². The molecule has 0 aliphatic heterocycles. The summed E-state index contributed by atoms with van der Waals surface area (Å²) in [6.07, 6.45) is -0.537. The van der Waals surface area contributed by atoms with Crippen LogP contribution in [-0.2, 0) is 4.79 Å². The lowest BCUT2D eigenvalue weighted by atomic mass is 10.1. The van der Waals surface area contributed by atoms with Gasteiger partial charge in [0, 0.05) is 16.2 Å². The molecule has 0 radical (unpaired) electrons. The van der Waals surface area contributed by atoms with Crippen molar-refractivity contribution in [2.24, 2.45) is 0 Å². The van der Waals surface area contributed by atoms with Gasteiger partial charge in [-0.05, 0) is 70.0 Å². The molecule has 4 nitrogen and oxygen atoms in total. The standard InChI is InChI=1S/C20H24BrNO3/c1-12(2)24-18-8-6-7-17(11-18)22-20(23)15(5)25-19-13(3)9-16(21)10-14(19)4/h6-12,15H,1-5H3,(H,22,23). The van der Waals surface area contributed by atoms with E-state index in [4.69, 9.17) is 9.47 Å². The molecule has 25 heavy (non-hydrogen) atoms. The first-order valence-corrected chi connectivity index (χ1v) is 9.06. The Hall–Kier alpha value is -2.01. The second-order valence-corrected chi connectivity index (χ2v) is 7.23. The van der Waals surface area contributed by atoms with Crippen LogP contribution in [0.3, 0.4) is 0 Å². The maximum absolute atomic E-state index is 12.5. The molecule has 2 rings (SSSR count). The van der Waals surface area contributed by atoms with E-state index < -0.39 is 6.10 Å². The topological polar surface area (TPSA) is 47.6 Å². The van der Waals surface area contributed by atoms with E-state index >= 15 is 0 Å². The maximum atomic E-state index is 12.5. The van der Waals surface area contributed by atoms with Crippen molar-refractivity contribution >= 4 is 27.5 Å². The molecule has 0 heterocycles. The van der Waals surface area contributed by atoms with Crippen molar-refractivity contribution in [3.05, 3.63) is 52.0 Å². The third-order valence-corrected chi connectivity index (χ3v) is 4.02. The Bertz CT molecular complexity index is 735. The summed E-state index contributed by atoms with van der Waals surface area (Å²) >= 11 is 3.46. The fourth-order valence-electron chi connectivity index (χ4n) is 2.48. The number of ether oxygens (including phenoxy) is 2. The highest BCUT2D eigenvalue weighted by Gasteiger charge is 2.17. The highest BCUT2D eigenvalue weighted by Crippen LogP contribution is 2.28. The number of carbonyl (C=O) groups excluding carboxylic acids is 1. The Morgan fingerprint density at radius 2 is 1.68 bits per heavy atom. The molecule has 0 bridgehead atoms. The number of anilines is 1. The van der Waals surface area contributed by atoms with Crippen LogP contribution in [0.1, 0.15) is 31.9 Å². The molecule has 1 N–H and O–H groups in total. The van der Waals surface area contributed by atoms with Crippen molar-refractivity contribution in [1.82, 2.24) is 0 Å². The first-order chi connectivity index (χ1) is 11.8. The number of aryl methyl sites for hydroxylation is 2. The zero-order valence-electron chi connectivity index (χ0n) is 15.2. The normalized spacial score (nSPS) is 12.0. The van der Waals surface area contributed by atoms with Crippen LogP contribution in [0.25, 0.3) is 0 Å². The van der Waals surface area contributed by atoms with Gasteiger partial charge in [-0.25, -0.2) is 0 Å². The van der Waals surface area contributed by atoms with E-state index in [1.165, 1.54) is 0 Å². The van der Waals surface area contributed by atoms with Gasteiger partial charge in [0.2, 0.25) is 0 Å². The van der Waals surface area contributed by atoms with Gasteiger partial charge in [0.05, 0.1) is 6.10 Å². The molecule has 1 amide bonds. The average Bonchev–Trinajstić information content (AvgIpc) is 2.50. The van der Waals surface area contributed by atoms with Crippen molar-refractivity contribution < 1.29 is 14.3 Å². The molecular formula is C20H24BrNO3. The van der Waals surface area contributed by atoms with Gasteiger partial charge in [0.1, 0.15) is 11.5 Å². The van der Waals surface area contributed by atoms with Crippen LogP contribution in [0, 0.1) is 13.8 Å². The van der Waals surface area contributed by atoms with Gasteiger partial charge in [-0.3, -0.25) is 4.79 Å². The number of rotatable bonds is 6. The van der Waals surface area contributed by atoms with Crippen LogP contribution < -0.4 is 14.8 Å². The average molecular weight is 406 g/mol. The number of amides is 1. The molecule has 1 unspecified atom stereocenters. The molecule has 2 aromatic carbocycles. The quantitative estimate of drug-likeness (QED) is 0.712. The van der Waals surface area contributed by atoms with E-state index in [-0.39, 0.29) is 12.0 Å². The van der Waals surface area contributed by atoms with Gasteiger partial charge in [-0.15, -0.1) is 0 Å². The third-order valence-electron chi connectivity index (χ3n) is 3.56. The van der Waals surface area contributed by atoms with Crippen LogP contribution >= 0.6 is 15.9 Å². The second kappa shape index (κ2) is 8.39. The molecule has 0 aliphatic rings. The van der Waals surface area contributed by atoms with Crippen molar-refractivity contribution in [3.8, 4) is 11.5 Å². The number of nitrogens with one attached hydrogen (secondary N) is 1. The molecule has 5 heteroatoms. The van der Waals surface area contributed by atoms with Crippen LogP contribution in [0.15, 0.2) is 40.9 Å².